The summed E-state index contributed by atoms with van der Waals surface area (Å²) in [5.41, 5.74) is 4.70. The first-order chi connectivity index (χ1) is 10.2. The van der Waals surface area contributed by atoms with Gasteiger partial charge in [-0.05, 0) is 74.5 Å². The molecule has 0 radical (unpaired) electrons. The highest BCUT2D eigenvalue weighted by atomic mass is 14.9. The zero-order valence-corrected chi connectivity index (χ0v) is 13.8. The van der Waals surface area contributed by atoms with Gasteiger partial charge in [0, 0.05) is 12.1 Å². The van der Waals surface area contributed by atoms with Crippen molar-refractivity contribution in [3.63, 3.8) is 0 Å². The van der Waals surface area contributed by atoms with Gasteiger partial charge >= 0.3 is 0 Å². The van der Waals surface area contributed by atoms with E-state index in [2.05, 4.69) is 37.4 Å². The van der Waals surface area contributed by atoms with Gasteiger partial charge in [-0.15, -0.1) is 0 Å². The maximum absolute atomic E-state index is 3.90. The zero-order chi connectivity index (χ0) is 14.7. The molecule has 1 nitrogen and oxygen atoms in total. The van der Waals surface area contributed by atoms with Crippen molar-refractivity contribution < 1.29 is 0 Å². The third kappa shape index (κ3) is 3.88. The van der Waals surface area contributed by atoms with Gasteiger partial charge in [-0.25, -0.2) is 0 Å². The maximum atomic E-state index is 3.90. The van der Waals surface area contributed by atoms with Crippen LogP contribution >= 0.6 is 0 Å². The molecule has 0 bridgehead atoms. The normalized spacial score (nSPS) is 27.7. The lowest BCUT2D eigenvalue weighted by atomic mass is 9.89. The molecule has 1 heteroatoms. The Kier molecular flexibility index (Phi) is 5.00. The number of fused-ring (bicyclic) bond motifs is 1. The molecular weight excluding hydrogens is 254 g/mol. The fraction of sp³-hybridized carbons (Fsp3) is 0.700. The number of hydrogen-bond donors (Lipinski definition) is 1. The van der Waals surface area contributed by atoms with Crippen molar-refractivity contribution in [2.24, 2.45) is 5.92 Å². The Hall–Kier alpha value is -0.820. The first kappa shape index (κ1) is 15.1. The van der Waals surface area contributed by atoms with Crippen molar-refractivity contribution in [1.29, 1.82) is 0 Å². The minimum atomic E-state index is 0.496. The SMILES string of the molecule is CC1CCCC(NC(C)c2ccc3c(c2)CCCC3)CC1. The molecule has 1 aromatic rings. The Balaban J connectivity index is 1.63. The Morgan fingerprint density at radius 3 is 2.62 bits per heavy atom. The zero-order valence-electron chi connectivity index (χ0n) is 13.8. The van der Waals surface area contributed by atoms with Gasteiger partial charge in [0.1, 0.15) is 0 Å². The summed E-state index contributed by atoms with van der Waals surface area (Å²) < 4.78 is 0. The van der Waals surface area contributed by atoms with Crippen molar-refractivity contribution in [2.45, 2.75) is 83.7 Å². The lowest BCUT2D eigenvalue weighted by Gasteiger charge is -2.24. The predicted molar refractivity (Wildman–Crippen MR) is 90.7 cm³/mol. The lowest BCUT2D eigenvalue weighted by Crippen LogP contribution is -2.31. The molecular formula is C20H31N. The molecule has 1 N–H and O–H groups in total. The van der Waals surface area contributed by atoms with E-state index in [0.717, 1.165) is 12.0 Å². The van der Waals surface area contributed by atoms with Crippen LogP contribution in [-0.4, -0.2) is 6.04 Å². The molecule has 0 saturated heterocycles. The Morgan fingerprint density at radius 1 is 0.952 bits per heavy atom. The number of aryl methyl sites for hydroxylation is 2. The molecule has 116 valence electrons. The van der Waals surface area contributed by atoms with Crippen LogP contribution in [0.5, 0.6) is 0 Å². The van der Waals surface area contributed by atoms with E-state index in [1.165, 1.54) is 63.4 Å². The minimum Gasteiger partial charge on any atom is -0.307 e. The Morgan fingerprint density at radius 2 is 1.76 bits per heavy atom. The standard InChI is InChI=1S/C20H31N/c1-15-6-5-9-20(13-10-15)21-16(2)18-12-11-17-7-3-4-8-19(17)14-18/h11-12,14-16,20-21H,3-10,13H2,1-2H3. The molecule has 0 amide bonds. The third-order valence-corrected chi connectivity index (χ3v) is 5.62. The summed E-state index contributed by atoms with van der Waals surface area (Å²) in [7, 11) is 0. The summed E-state index contributed by atoms with van der Waals surface area (Å²) in [4.78, 5) is 0. The van der Waals surface area contributed by atoms with E-state index in [-0.39, 0.29) is 0 Å². The molecule has 0 aromatic heterocycles. The van der Waals surface area contributed by atoms with Crippen molar-refractivity contribution in [2.75, 3.05) is 0 Å². The van der Waals surface area contributed by atoms with Crippen LogP contribution in [0.4, 0.5) is 0 Å². The lowest BCUT2D eigenvalue weighted by molar-refractivity contribution is 0.408. The summed E-state index contributed by atoms with van der Waals surface area (Å²) in [5.74, 6) is 0.927. The van der Waals surface area contributed by atoms with Crippen molar-refractivity contribution >= 4 is 0 Å². The number of rotatable bonds is 3. The maximum Gasteiger partial charge on any atom is 0.0294 e. The predicted octanol–water partition coefficient (Wildman–Crippen LogP) is 5.18. The smallest absolute Gasteiger partial charge is 0.0294 e. The van der Waals surface area contributed by atoms with Gasteiger partial charge in [-0.3, -0.25) is 0 Å². The van der Waals surface area contributed by atoms with Crippen molar-refractivity contribution in [3.05, 3.63) is 34.9 Å². The number of benzene rings is 1. The molecule has 2 aliphatic carbocycles. The molecule has 1 aromatic carbocycles. The summed E-state index contributed by atoms with van der Waals surface area (Å²) in [6.07, 6.45) is 12.3. The first-order valence-corrected chi connectivity index (χ1v) is 9.10. The van der Waals surface area contributed by atoms with Gasteiger partial charge in [0.15, 0.2) is 0 Å². The van der Waals surface area contributed by atoms with Crippen LogP contribution in [-0.2, 0) is 12.8 Å². The molecule has 2 aliphatic rings. The second kappa shape index (κ2) is 6.96. The van der Waals surface area contributed by atoms with Gasteiger partial charge in [0.25, 0.3) is 0 Å². The van der Waals surface area contributed by atoms with Gasteiger partial charge in [0.05, 0.1) is 0 Å². The van der Waals surface area contributed by atoms with E-state index >= 15 is 0 Å². The molecule has 1 fully saturated rings. The summed E-state index contributed by atoms with van der Waals surface area (Å²) in [6.45, 7) is 4.76. The van der Waals surface area contributed by atoms with Gasteiger partial charge in [0.2, 0.25) is 0 Å². The molecule has 3 atom stereocenters. The van der Waals surface area contributed by atoms with Gasteiger partial charge < -0.3 is 5.32 Å². The summed E-state index contributed by atoms with van der Waals surface area (Å²) in [6, 6.07) is 8.45. The van der Waals surface area contributed by atoms with Gasteiger partial charge in [-0.1, -0.05) is 38.0 Å². The molecule has 0 heterocycles. The average molecular weight is 285 g/mol. The molecule has 3 rings (SSSR count). The fourth-order valence-corrected chi connectivity index (χ4v) is 4.13. The van der Waals surface area contributed by atoms with E-state index in [1.807, 2.05) is 0 Å². The van der Waals surface area contributed by atoms with E-state index in [0.29, 0.717) is 6.04 Å². The number of hydrogen-bond acceptors (Lipinski definition) is 1. The second-order valence-electron chi connectivity index (χ2n) is 7.43. The van der Waals surface area contributed by atoms with Crippen LogP contribution in [0.1, 0.15) is 81.5 Å². The minimum absolute atomic E-state index is 0.496. The van der Waals surface area contributed by atoms with E-state index in [1.54, 1.807) is 11.1 Å². The third-order valence-electron chi connectivity index (χ3n) is 5.62. The largest absolute Gasteiger partial charge is 0.307 e. The topological polar surface area (TPSA) is 12.0 Å². The van der Waals surface area contributed by atoms with Crippen LogP contribution in [0, 0.1) is 5.92 Å². The van der Waals surface area contributed by atoms with Crippen molar-refractivity contribution in [1.82, 2.24) is 5.32 Å². The summed E-state index contributed by atoms with van der Waals surface area (Å²) in [5, 5.41) is 3.90. The van der Waals surface area contributed by atoms with Crippen LogP contribution in [0.15, 0.2) is 18.2 Å². The Bertz CT molecular complexity index is 465. The van der Waals surface area contributed by atoms with E-state index < -0.39 is 0 Å². The van der Waals surface area contributed by atoms with Crippen LogP contribution in [0.2, 0.25) is 0 Å². The fourth-order valence-electron chi connectivity index (χ4n) is 4.13. The Labute approximate surface area is 130 Å². The molecule has 0 spiro atoms. The highest BCUT2D eigenvalue weighted by molar-refractivity contribution is 5.35. The van der Waals surface area contributed by atoms with Gasteiger partial charge in [-0.2, -0.15) is 0 Å². The highest BCUT2D eigenvalue weighted by Crippen LogP contribution is 2.27. The average Bonchev–Trinajstić information content (AvgIpc) is 2.71. The second-order valence-corrected chi connectivity index (χ2v) is 7.43. The van der Waals surface area contributed by atoms with E-state index in [9.17, 15) is 0 Å². The highest BCUT2D eigenvalue weighted by Gasteiger charge is 2.19. The monoisotopic (exact) mass is 285 g/mol. The number of nitrogens with one attached hydrogen (secondary N) is 1. The molecule has 1 saturated carbocycles. The van der Waals surface area contributed by atoms with E-state index in [4.69, 9.17) is 0 Å². The molecule has 21 heavy (non-hydrogen) atoms. The summed E-state index contributed by atoms with van der Waals surface area (Å²) >= 11 is 0. The van der Waals surface area contributed by atoms with Crippen LogP contribution in [0.3, 0.4) is 0 Å². The molecule has 0 aliphatic heterocycles. The quantitative estimate of drug-likeness (QED) is 0.754. The van der Waals surface area contributed by atoms with Crippen LogP contribution < -0.4 is 5.32 Å². The first-order valence-electron chi connectivity index (χ1n) is 9.10. The van der Waals surface area contributed by atoms with Crippen molar-refractivity contribution in [3.8, 4) is 0 Å². The molecule has 3 unspecified atom stereocenters. The van der Waals surface area contributed by atoms with Crippen LogP contribution in [0.25, 0.3) is 0 Å².